The van der Waals surface area contributed by atoms with E-state index in [-0.39, 0.29) is 12.5 Å². The predicted molar refractivity (Wildman–Crippen MR) is 93.5 cm³/mol. The molecule has 0 aliphatic heterocycles. The summed E-state index contributed by atoms with van der Waals surface area (Å²) in [7, 11) is 0. The van der Waals surface area contributed by atoms with E-state index >= 15 is 0 Å². The highest BCUT2D eigenvalue weighted by Crippen LogP contribution is 2.23. The molecule has 3 aromatic rings. The molecule has 0 bridgehead atoms. The zero-order chi connectivity index (χ0) is 16.1. The summed E-state index contributed by atoms with van der Waals surface area (Å²) in [4.78, 5) is 12.5. The highest BCUT2D eigenvalue weighted by molar-refractivity contribution is 7.07. The molecule has 1 aromatic heterocycles. The Morgan fingerprint density at radius 3 is 2.52 bits per heavy atom. The van der Waals surface area contributed by atoms with Crippen molar-refractivity contribution in [2.45, 2.75) is 6.10 Å². The molecule has 0 aliphatic carbocycles. The Morgan fingerprint density at radius 1 is 1.04 bits per heavy atom. The Hall–Kier alpha value is -2.43. The summed E-state index contributed by atoms with van der Waals surface area (Å²) in [5, 5.41) is 16.7. The lowest BCUT2D eigenvalue weighted by molar-refractivity contribution is 0.0917. The average Bonchev–Trinajstić information content (AvgIpc) is 3.15. The maximum Gasteiger partial charge on any atom is 0.252 e. The minimum absolute atomic E-state index is 0.182. The third kappa shape index (κ3) is 3.67. The van der Waals surface area contributed by atoms with Gasteiger partial charge in [-0.25, -0.2) is 0 Å². The SMILES string of the molecule is O=C(NCC(O)c1ccsc1)c1ccccc1-c1ccccc1. The summed E-state index contributed by atoms with van der Waals surface area (Å²) in [5.74, 6) is -0.182. The van der Waals surface area contributed by atoms with E-state index in [1.807, 2.05) is 65.4 Å². The van der Waals surface area contributed by atoms with Gasteiger partial charge in [-0.1, -0.05) is 48.5 Å². The second-order valence-electron chi connectivity index (χ2n) is 5.19. The lowest BCUT2D eigenvalue weighted by atomic mass is 9.99. The van der Waals surface area contributed by atoms with E-state index in [2.05, 4.69) is 5.32 Å². The van der Waals surface area contributed by atoms with Crippen LogP contribution in [0.15, 0.2) is 71.4 Å². The molecule has 1 unspecified atom stereocenters. The Bertz CT molecular complexity index is 769. The predicted octanol–water partition coefficient (Wildman–Crippen LogP) is 3.88. The van der Waals surface area contributed by atoms with Gasteiger partial charge in [0, 0.05) is 12.1 Å². The van der Waals surface area contributed by atoms with Gasteiger partial charge < -0.3 is 10.4 Å². The molecule has 0 radical (unpaired) electrons. The fourth-order valence-electron chi connectivity index (χ4n) is 2.42. The molecule has 3 rings (SSSR count). The van der Waals surface area contributed by atoms with Crippen molar-refractivity contribution < 1.29 is 9.90 Å². The van der Waals surface area contributed by atoms with Crippen LogP contribution in [0.3, 0.4) is 0 Å². The Morgan fingerprint density at radius 2 is 1.78 bits per heavy atom. The maximum atomic E-state index is 12.5. The zero-order valence-corrected chi connectivity index (χ0v) is 13.3. The summed E-state index contributed by atoms with van der Waals surface area (Å²) in [6.07, 6.45) is -0.686. The molecule has 23 heavy (non-hydrogen) atoms. The summed E-state index contributed by atoms with van der Waals surface area (Å²) in [6, 6.07) is 19.2. The van der Waals surface area contributed by atoms with E-state index < -0.39 is 6.10 Å². The first-order chi connectivity index (χ1) is 11.3. The van der Waals surface area contributed by atoms with Crippen molar-refractivity contribution in [1.29, 1.82) is 0 Å². The Labute approximate surface area is 139 Å². The van der Waals surface area contributed by atoms with Gasteiger partial charge in [-0.3, -0.25) is 4.79 Å². The first kappa shape index (κ1) is 15.5. The van der Waals surface area contributed by atoms with Crippen molar-refractivity contribution in [2.24, 2.45) is 0 Å². The number of benzene rings is 2. The molecule has 0 fully saturated rings. The fraction of sp³-hybridized carbons (Fsp3) is 0.105. The highest BCUT2D eigenvalue weighted by atomic mass is 32.1. The number of hydrogen-bond acceptors (Lipinski definition) is 3. The number of nitrogens with one attached hydrogen (secondary N) is 1. The van der Waals surface area contributed by atoms with Crippen molar-refractivity contribution in [3.63, 3.8) is 0 Å². The van der Waals surface area contributed by atoms with Crippen molar-refractivity contribution in [1.82, 2.24) is 5.32 Å². The number of amides is 1. The van der Waals surface area contributed by atoms with Gasteiger partial charge in [0.15, 0.2) is 0 Å². The molecule has 2 aromatic carbocycles. The van der Waals surface area contributed by atoms with Crippen LogP contribution >= 0.6 is 11.3 Å². The molecule has 0 saturated heterocycles. The molecule has 0 spiro atoms. The van der Waals surface area contributed by atoms with E-state index in [1.54, 1.807) is 6.07 Å². The van der Waals surface area contributed by atoms with Crippen LogP contribution in [0.2, 0.25) is 0 Å². The van der Waals surface area contributed by atoms with Crippen LogP contribution in [-0.4, -0.2) is 17.6 Å². The van der Waals surface area contributed by atoms with Gasteiger partial charge in [-0.05, 0) is 39.6 Å². The van der Waals surface area contributed by atoms with Crippen molar-refractivity contribution in [3.8, 4) is 11.1 Å². The van der Waals surface area contributed by atoms with Gasteiger partial charge in [0.1, 0.15) is 0 Å². The van der Waals surface area contributed by atoms with Gasteiger partial charge in [-0.2, -0.15) is 11.3 Å². The zero-order valence-electron chi connectivity index (χ0n) is 12.5. The van der Waals surface area contributed by atoms with Crippen LogP contribution in [0.1, 0.15) is 22.0 Å². The van der Waals surface area contributed by atoms with E-state index in [4.69, 9.17) is 0 Å². The normalized spacial score (nSPS) is 11.9. The van der Waals surface area contributed by atoms with Gasteiger partial charge in [0.05, 0.1) is 6.10 Å². The topological polar surface area (TPSA) is 49.3 Å². The van der Waals surface area contributed by atoms with E-state index in [9.17, 15) is 9.90 Å². The Balaban J connectivity index is 1.75. The van der Waals surface area contributed by atoms with Crippen LogP contribution < -0.4 is 5.32 Å². The third-order valence-electron chi connectivity index (χ3n) is 3.64. The van der Waals surface area contributed by atoms with Crippen LogP contribution in [0.4, 0.5) is 0 Å². The van der Waals surface area contributed by atoms with Crippen LogP contribution in [0, 0.1) is 0 Å². The average molecular weight is 323 g/mol. The minimum atomic E-state index is -0.686. The van der Waals surface area contributed by atoms with E-state index in [0.717, 1.165) is 16.7 Å². The second-order valence-corrected chi connectivity index (χ2v) is 5.97. The lowest BCUT2D eigenvalue weighted by Gasteiger charge is -2.13. The number of hydrogen-bond donors (Lipinski definition) is 2. The number of carbonyl (C=O) groups is 1. The molecule has 1 atom stereocenters. The largest absolute Gasteiger partial charge is 0.387 e. The smallest absolute Gasteiger partial charge is 0.252 e. The van der Waals surface area contributed by atoms with Crippen molar-refractivity contribution >= 4 is 17.2 Å². The van der Waals surface area contributed by atoms with Crippen molar-refractivity contribution in [2.75, 3.05) is 6.54 Å². The summed E-state index contributed by atoms with van der Waals surface area (Å²) >= 11 is 1.53. The summed E-state index contributed by atoms with van der Waals surface area (Å²) in [5.41, 5.74) is 3.31. The number of carbonyl (C=O) groups excluding carboxylic acids is 1. The lowest BCUT2D eigenvalue weighted by Crippen LogP contribution is -2.28. The molecule has 0 saturated carbocycles. The molecular weight excluding hydrogens is 306 g/mol. The molecular formula is C19H17NO2S. The maximum absolute atomic E-state index is 12.5. The summed E-state index contributed by atoms with van der Waals surface area (Å²) < 4.78 is 0. The molecule has 1 amide bonds. The van der Waals surface area contributed by atoms with Crippen LogP contribution in [0.5, 0.6) is 0 Å². The monoisotopic (exact) mass is 323 g/mol. The molecule has 0 aliphatic rings. The van der Waals surface area contributed by atoms with Crippen molar-refractivity contribution in [3.05, 3.63) is 82.6 Å². The van der Waals surface area contributed by atoms with Gasteiger partial charge in [0.25, 0.3) is 5.91 Å². The quantitative estimate of drug-likeness (QED) is 0.748. The minimum Gasteiger partial charge on any atom is -0.387 e. The number of aliphatic hydroxyl groups excluding tert-OH is 1. The molecule has 1 heterocycles. The molecule has 4 heteroatoms. The molecule has 116 valence electrons. The van der Waals surface area contributed by atoms with E-state index in [1.165, 1.54) is 11.3 Å². The standard InChI is InChI=1S/C19H17NO2S/c21-18(15-10-11-23-13-15)12-20-19(22)17-9-5-4-8-16(17)14-6-2-1-3-7-14/h1-11,13,18,21H,12H2,(H,20,22). The first-order valence-electron chi connectivity index (χ1n) is 7.38. The number of thiophene rings is 1. The Kier molecular flexibility index (Phi) is 4.86. The van der Waals surface area contributed by atoms with Gasteiger partial charge >= 0.3 is 0 Å². The molecule has 2 N–H and O–H groups in total. The van der Waals surface area contributed by atoms with Gasteiger partial charge in [0.2, 0.25) is 0 Å². The summed E-state index contributed by atoms with van der Waals surface area (Å²) in [6.45, 7) is 0.193. The van der Waals surface area contributed by atoms with E-state index in [0.29, 0.717) is 5.56 Å². The second kappa shape index (κ2) is 7.22. The highest BCUT2D eigenvalue weighted by Gasteiger charge is 2.14. The van der Waals surface area contributed by atoms with Crippen LogP contribution in [-0.2, 0) is 0 Å². The first-order valence-corrected chi connectivity index (χ1v) is 8.33. The van der Waals surface area contributed by atoms with Crippen LogP contribution in [0.25, 0.3) is 11.1 Å². The number of aliphatic hydroxyl groups is 1. The third-order valence-corrected chi connectivity index (χ3v) is 4.34. The van der Waals surface area contributed by atoms with Gasteiger partial charge in [-0.15, -0.1) is 0 Å². The fourth-order valence-corrected chi connectivity index (χ4v) is 3.12. The molecule has 3 nitrogen and oxygen atoms in total. The number of rotatable bonds is 5.